The van der Waals surface area contributed by atoms with Crippen molar-refractivity contribution in [3.05, 3.63) is 82.6 Å². The number of amides is 2. The van der Waals surface area contributed by atoms with Crippen LogP contribution >= 0.6 is 11.6 Å². The molecule has 1 N–H and O–H groups in total. The fraction of sp³-hybridized carbons (Fsp3) is 0.310. The average Bonchev–Trinajstić information content (AvgIpc) is 3.21. The summed E-state index contributed by atoms with van der Waals surface area (Å²) in [5.41, 5.74) is 5.02. The van der Waals surface area contributed by atoms with Crippen LogP contribution in [0, 0.1) is 17.1 Å². The molecule has 2 aliphatic heterocycles. The number of rotatable bonds is 4. The molecular weight excluding hydrogens is 475 g/mol. The summed E-state index contributed by atoms with van der Waals surface area (Å²) in [6.07, 6.45) is 3.05. The van der Waals surface area contributed by atoms with Gasteiger partial charge in [-0.05, 0) is 98.1 Å². The fourth-order valence-corrected chi connectivity index (χ4v) is 5.69. The largest absolute Gasteiger partial charge is 0.326 e. The molecule has 1 spiro atoms. The van der Waals surface area contributed by atoms with E-state index in [2.05, 4.69) is 29.3 Å². The molecule has 2 aliphatic rings. The Labute approximate surface area is 216 Å². The molecule has 7 heteroatoms. The summed E-state index contributed by atoms with van der Waals surface area (Å²) < 4.78 is 13.6. The van der Waals surface area contributed by atoms with Crippen LogP contribution in [0.3, 0.4) is 0 Å². The quantitative estimate of drug-likeness (QED) is 0.426. The highest BCUT2D eigenvalue weighted by Gasteiger charge is 2.46. The Hall–Kier alpha value is -3.40. The topological polar surface area (TPSA) is 59.4 Å². The summed E-state index contributed by atoms with van der Waals surface area (Å²) in [7, 11) is 0. The van der Waals surface area contributed by atoms with E-state index >= 15 is 0 Å². The van der Waals surface area contributed by atoms with Crippen LogP contribution in [0.25, 0.3) is 11.1 Å². The number of carbonyl (C=O) groups excluding carboxylic acids is 1. The SMILES string of the molecule is CCCN1CCC2(CC1)CN(C(=O)Nc1ccc(F)c(Cl)c1)c1ccc(-c3cccc(C#N)c3)cc12. The van der Waals surface area contributed by atoms with Gasteiger partial charge in [0.25, 0.3) is 0 Å². The maximum atomic E-state index is 13.6. The van der Waals surface area contributed by atoms with Gasteiger partial charge in [0.1, 0.15) is 5.82 Å². The molecule has 0 saturated carbocycles. The van der Waals surface area contributed by atoms with Crippen LogP contribution < -0.4 is 10.2 Å². The highest BCUT2D eigenvalue weighted by atomic mass is 35.5. The van der Waals surface area contributed by atoms with Crippen molar-refractivity contribution in [2.24, 2.45) is 0 Å². The summed E-state index contributed by atoms with van der Waals surface area (Å²) >= 11 is 5.93. The number of hydrogen-bond donors (Lipinski definition) is 1. The Morgan fingerprint density at radius 2 is 1.89 bits per heavy atom. The van der Waals surface area contributed by atoms with Crippen molar-refractivity contribution < 1.29 is 9.18 Å². The molecule has 36 heavy (non-hydrogen) atoms. The number of nitrogens with one attached hydrogen (secondary N) is 1. The fourth-order valence-electron chi connectivity index (χ4n) is 5.51. The number of nitriles is 1. The summed E-state index contributed by atoms with van der Waals surface area (Å²) in [5, 5.41) is 12.2. The molecule has 0 radical (unpaired) electrons. The van der Waals surface area contributed by atoms with Crippen molar-refractivity contribution >= 4 is 29.0 Å². The second-order valence-electron chi connectivity index (χ2n) is 9.69. The Kier molecular flexibility index (Phi) is 6.70. The molecular formula is C29H28ClFN4O. The highest BCUT2D eigenvalue weighted by Crippen LogP contribution is 2.48. The Balaban J connectivity index is 1.50. The minimum Gasteiger partial charge on any atom is -0.307 e. The number of anilines is 2. The van der Waals surface area contributed by atoms with E-state index in [0.717, 1.165) is 55.7 Å². The molecule has 3 aromatic rings. The number of urea groups is 1. The standard InChI is InChI=1S/C29H28ClFN4O/c1-2-12-34-13-10-29(11-14-34)19-35(28(36)33-23-7-8-26(31)25(30)17-23)27-9-6-22(16-24(27)29)21-5-3-4-20(15-21)18-32/h3-9,15-17H,2,10-14,19H2,1H3,(H,33,36). The minimum atomic E-state index is -0.521. The van der Waals surface area contributed by atoms with E-state index in [1.54, 1.807) is 11.0 Å². The molecule has 0 aliphatic carbocycles. The first-order valence-electron chi connectivity index (χ1n) is 12.3. The second kappa shape index (κ2) is 9.93. The van der Waals surface area contributed by atoms with Gasteiger partial charge < -0.3 is 10.2 Å². The average molecular weight is 503 g/mol. The molecule has 0 aromatic heterocycles. The Bertz CT molecular complexity index is 1340. The third-order valence-corrected chi connectivity index (χ3v) is 7.70. The van der Waals surface area contributed by atoms with Crippen molar-refractivity contribution in [2.75, 3.05) is 36.4 Å². The molecule has 1 saturated heterocycles. The normalized spacial score (nSPS) is 16.6. The van der Waals surface area contributed by atoms with Gasteiger partial charge in [-0.3, -0.25) is 4.90 Å². The first-order valence-corrected chi connectivity index (χ1v) is 12.7. The maximum absolute atomic E-state index is 13.6. The lowest BCUT2D eigenvalue weighted by atomic mass is 9.73. The van der Waals surface area contributed by atoms with Gasteiger partial charge in [-0.1, -0.05) is 36.7 Å². The zero-order chi connectivity index (χ0) is 25.3. The van der Waals surface area contributed by atoms with Crippen molar-refractivity contribution in [3.63, 3.8) is 0 Å². The van der Waals surface area contributed by atoms with E-state index in [1.165, 1.54) is 23.8 Å². The molecule has 0 atom stereocenters. The zero-order valence-corrected chi connectivity index (χ0v) is 21.0. The van der Waals surface area contributed by atoms with Crippen LogP contribution in [-0.2, 0) is 5.41 Å². The number of hydrogen-bond acceptors (Lipinski definition) is 3. The summed E-state index contributed by atoms with van der Waals surface area (Å²) in [6, 6.07) is 20.0. The van der Waals surface area contributed by atoms with Gasteiger partial charge >= 0.3 is 6.03 Å². The molecule has 0 unspecified atom stereocenters. The molecule has 2 heterocycles. The molecule has 5 nitrogen and oxygen atoms in total. The van der Waals surface area contributed by atoms with Gasteiger partial charge in [0, 0.05) is 23.3 Å². The monoisotopic (exact) mass is 502 g/mol. The second-order valence-corrected chi connectivity index (χ2v) is 10.1. The van der Waals surface area contributed by atoms with Crippen molar-refractivity contribution in [1.82, 2.24) is 4.90 Å². The number of benzene rings is 3. The van der Waals surface area contributed by atoms with E-state index in [4.69, 9.17) is 11.6 Å². The molecule has 5 rings (SSSR count). The van der Waals surface area contributed by atoms with Gasteiger partial charge in [-0.25, -0.2) is 9.18 Å². The summed E-state index contributed by atoms with van der Waals surface area (Å²) in [4.78, 5) is 17.7. The molecule has 1 fully saturated rings. The number of nitrogens with zero attached hydrogens (tertiary/aromatic N) is 3. The van der Waals surface area contributed by atoms with Crippen LogP contribution in [0.5, 0.6) is 0 Å². The Morgan fingerprint density at radius 1 is 1.11 bits per heavy atom. The van der Waals surface area contributed by atoms with Gasteiger partial charge in [0.2, 0.25) is 0 Å². The number of piperidine rings is 1. The van der Waals surface area contributed by atoms with E-state index in [-0.39, 0.29) is 16.5 Å². The van der Waals surface area contributed by atoms with E-state index < -0.39 is 5.82 Å². The number of carbonyl (C=O) groups is 1. The highest BCUT2D eigenvalue weighted by molar-refractivity contribution is 6.31. The summed E-state index contributed by atoms with van der Waals surface area (Å²) in [6.45, 7) is 5.85. The van der Waals surface area contributed by atoms with Crippen molar-refractivity contribution in [1.29, 1.82) is 5.26 Å². The van der Waals surface area contributed by atoms with Crippen LogP contribution in [0.2, 0.25) is 5.02 Å². The van der Waals surface area contributed by atoms with Crippen LogP contribution in [0.4, 0.5) is 20.6 Å². The van der Waals surface area contributed by atoms with Crippen molar-refractivity contribution in [2.45, 2.75) is 31.6 Å². The predicted octanol–water partition coefficient (Wildman–Crippen LogP) is 6.81. The smallest absolute Gasteiger partial charge is 0.307 e. The van der Waals surface area contributed by atoms with Gasteiger partial charge in [-0.2, -0.15) is 5.26 Å². The third-order valence-electron chi connectivity index (χ3n) is 7.41. The predicted molar refractivity (Wildman–Crippen MR) is 142 cm³/mol. The van der Waals surface area contributed by atoms with E-state index in [9.17, 15) is 14.4 Å². The zero-order valence-electron chi connectivity index (χ0n) is 20.2. The number of fused-ring (bicyclic) bond motifs is 2. The summed E-state index contributed by atoms with van der Waals surface area (Å²) in [5.74, 6) is -0.521. The van der Waals surface area contributed by atoms with Gasteiger partial charge in [0.15, 0.2) is 0 Å². The van der Waals surface area contributed by atoms with Crippen molar-refractivity contribution in [3.8, 4) is 17.2 Å². The van der Waals surface area contributed by atoms with Crippen LogP contribution in [-0.4, -0.2) is 37.1 Å². The van der Waals surface area contributed by atoms with Crippen LogP contribution in [0.1, 0.15) is 37.3 Å². The molecule has 0 bridgehead atoms. The third kappa shape index (κ3) is 4.57. The molecule has 2 amide bonds. The maximum Gasteiger partial charge on any atom is 0.326 e. The lowest BCUT2D eigenvalue weighted by Crippen LogP contribution is -2.46. The van der Waals surface area contributed by atoms with Gasteiger partial charge in [-0.15, -0.1) is 0 Å². The Morgan fingerprint density at radius 3 is 2.61 bits per heavy atom. The van der Waals surface area contributed by atoms with Gasteiger partial charge in [0.05, 0.1) is 16.7 Å². The number of likely N-dealkylation sites (tertiary alicyclic amines) is 1. The lowest BCUT2D eigenvalue weighted by Gasteiger charge is -2.40. The molecule has 3 aromatic carbocycles. The number of halogens is 2. The minimum absolute atomic E-state index is 0.0290. The van der Waals surface area contributed by atoms with Crippen LogP contribution in [0.15, 0.2) is 60.7 Å². The lowest BCUT2D eigenvalue weighted by molar-refractivity contribution is 0.166. The first-order chi connectivity index (χ1) is 17.4. The van der Waals surface area contributed by atoms with E-state index in [1.807, 2.05) is 30.3 Å². The molecule has 184 valence electrons. The first kappa shape index (κ1) is 24.3. The van der Waals surface area contributed by atoms with E-state index in [0.29, 0.717) is 17.8 Å².